The van der Waals surface area contributed by atoms with Gasteiger partial charge in [-0.1, -0.05) is 12.2 Å². The van der Waals surface area contributed by atoms with E-state index >= 15 is 0 Å². The molecule has 2 amide bonds. The van der Waals surface area contributed by atoms with Crippen molar-refractivity contribution in [2.45, 2.75) is 19.3 Å². The zero-order chi connectivity index (χ0) is 16.7. The van der Waals surface area contributed by atoms with Crippen molar-refractivity contribution in [1.29, 1.82) is 0 Å². The minimum absolute atomic E-state index is 0.0497. The van der Waals surface area contributed by atoms with Gasteiger partial charge in [0.05, 0.1) is 13.2 Å². The van der Waals surface area contributed by atoms with Gasteiger partial charge in [0.25, 0.3) is 0 Å². The van der Waals surface area contributed by atoms with Gasteiger partial charge >= 0.3 is 0 Å². The van der Waals surface area contributed by atoms with Gasteiger partial charge in [-0.15, -0.1) is 0 Å². The summed E-state index contributed by atoms with van der Waals surface area (Å²) in [4.78, 5) is 28.3. The third-order valence-corrected chi connectivity index (χ3v) is 4.83. The van der Waals surface area contributed by atoms with Crippen LogP contribution in [0, 0.1) is 11.8 Å². The molecule has 0 aromatic rings. The molecule has 1 unspecified atom stereocenters. The summed E-state index contributed by atoms with van der Waals surface area (Å²) in [5.41, 5.74) is 0. The molecular formula is C17H29N3O3. The highest BCUT2D eigenvalue weighted by molar-refractivity contribution is 5.79. The third-order valence-electron chi connectivity index (χ3n) is 4.83. The summed E-state index contributed by atoms with van der Waals surface area (Å²) in [6.07, 6.45) is 7.05. The lowest BCUT2D eigenvalue weighted by Crippen LogP contribution is -2.45. The van der Waals surface area contributed by atoms with Crippen molar-refractivity contribution in [2.24, 2.45) is 11.8 Å². The molecule has 1 atom stereocenters. The van der Waals surface area contributed by atoms with Gasteiger partial charge in [0.2, 0.25) is 11.8 Å². The number of hydrogen-bond acceptors (Lipinski definition) is 4. The topological polar surface area (TPSA) is 61.9 Å². The largest absolute Gasteiger partial charge is 0.383 e. The van der Waals surface area contributed by atoms with E-state index in [1.54, 1.807) is 7.11 Å². The van der Waals surface area contributed by atoms with Crippen LogP contribution in [0.15, 0.2) is 12.2 Å². The number of nitrogens with one attached hydrogen (secondary N) is 1. The van der Waals surface area contributed by atoms with E-state index in [9.17, 15) is 9.59 Å². The fourth-order valence-electron chi connectivity index (χ4n) is 3.41. The zero-order valence-corrected chi connectivity index (χ0v) is 14.3. The Balaban J connectivity index is 1.76. The number of hydrogen-bond donors (Lipinski definition) is 1. The number of ether oxygens (including phenoxy) is 1. The molecule has 0 aliphatic carbocycles. The van der Waals surface area contributed by atoms with Crippen molar-refractivity contribution in [3.05, 3.63) is 12.2 Å². The number of amides is 2. The van der Waals surface area contributed by atoms with E-state index in [0.29, 0.717) is 25.6 Å². The zero-order valence-electron chi connectivity index (χ0n) is 14.3. The number of allylic oxidation sites excluding steroid dienone is 1. The smallest absolute Gasteiger partial charge is 0.234 e. The fraction of sp³-hybridized carbons (Fsp3) is 0.765. The maximum atomic E-state index is 12.4. The summed E-state index contributed by atoms with van der Waals surface area (Å²) in [7, 11) is 3.50. The van der Waals surface area contributed by atoms with Gasteiger partial charge in [-0.25, -0.2) is 0 Å². The lowest BCUT2D eigenvalue weighted by molar-refractivity contribution is -0.136. The van der Waals surface area contributed by atoms with Crippen molar-refractivity contribution < 1.29 is 14.3 Å². The molecule has 0 bridgehead atoms. The second-order valence-corrected chi connectivity index (χ2v) is 6.49. The maximum absolute atomic E-state index is 12.4. The molecule has 0 aromatic heterocycles. The van der Waals surface area contributed by atoms with Gasteiger partial charge in [-0.05, 0) is 38.3 Å². The first-order chi connectivity index (χ1) is 11.1. The predicted octanol–water partition coefficient (Wildman–Crippen LogP) is 0.496. The number of methoxy groups -OCH3 is 1. The minimum atomic E-state index is 0.0497. The second-order valence-electron chi connectivity index (χ2n) is 6.49. The average molecular weight is 323 g/mol. The Kier molecular flexibility index (Phi) is 7.05. The molecule has 1 saturated heterocycles. The molecule has 0 saturated carbocycles. The quantitative estimate of drug-likeness (QED) is 0.571. The van der Waals surface area contributed by atoms with Gasteiger partial charge < -0.3 is 15.0 Å². The van der Waals surface area contributed by atoms with E-state index in [4.69, 9.17) is 4.74 Å². The van der Waals surface area contributed by atoms with E-state index in [-0.39, 0.29) is 17.7 Å². The molecule has 0 spiro atoms. The standard InChI is InChI=1S/C17H29N3O3/c1-19-9-4-3-5-15(17(19)22)14-6-10-20(11-7-14)13-16(21)18-8-12-23-2/h3-4,14-15H,5-13H2,1-2H3,(H,18,21). The Morgan fingerprint density at radius 3 is 2.78 bits per heavy atom. The van der Waals surface area contributed by atoms with Crippen molar-refractivity contribution >= 4 is 11.8 Å². The number of rotatable bonds is 6. The number of carbonyl (C=O) groups excluding carboxylic acids is 2. The van der Waals surface area contributed by atoms with Crippen LogP contribution in [0.25, 0.3) is 0 Å². The lowest BCUT2D eigenvalue weighted by Gasteiger charge is -2.35. The highest BCUT2D eigenvalue weighted by Crippen LogP contribution is 2.30. The van der Waals surface area contributed by atoms with Gasteiger partial charge in [-0.2, -0.15) is 0 Å². The van der Waals surface area contributed by atoms with E-state index in [2.05, 4.69) is 22.4 Å². The maximum Gasteiger partial charge on any atom is 0.234 e. The molecule has 6 heteroatoms. The Labute approximate surface area is 138 Å². The van der Waals surface area contributed by atoms with Crippen molar-refractivity contribution in [1.82, 2.24) is 15.1 Å². The molecule has 6 nitrogen and oxygen atoms in total. The van der Waals surface area contributed by atoms with Crippen molar-refractivity contribution in [3.63, 3.8) is 0 Å². The van der Waals surface area contributed by atoms with E-state index in [0.717, 1.165) is 38.9 Å². The Morgan fingerprint density at radius 1 is 1.35 bits per heavy atom. The van der Waals surface area contributed by atoms with E-state index < -0.39 is 0 Å². The number of nitrogens with zero attached hydrogens (tertiary/aromatic N) is 2. The van der Waals surface area contributed by atoms with Gasteiger partial charge in [0.15, 0.2) is 0 Å². The van der Waals surface area contributed by atoms with Crippen molar-refractivity contribution in [3.8, 4) is 0 Å². The first kappa shape index (κ1) is 17.9. The molecule has 2 aliphatic rings. The summed E-state index contributed by atoms with van der Waals surface area (Å²) in [6.45, 7) is 4.03. The first-order valence-corrected chi connectivity index (χ1v) is 8.49. The summed E-state index contributed by atoms with van der Waals surface area (Å²) < 4.78 is 4.92. The predicted molar refractivity (Wildman–Crippen MR) is 88.9 cm³/mol. The highest BCUT2D eigenvalue weighted by atomic mass is 16.5. The van der Waals surface area contributed by atoms with Crippen LogP contribution in [-0.4, -0.2) is 75.1 Å². The Morgan fingerprint density at radius 2 is 2.09 bits per heavy atom. The van der Waals surface area contributed by atoms with E-state index in [1.807, 2.05) is 11.9 Å². The van der Waals surface area contributed by atoms with Crippen molar-refractivity contribution in [2.75, 3.05) is 53.5 Å². The third kappa shape index (κ3) is 5.32. The molecule has 130 valence electrons. The number of likely N-dealkylation sites (tertiary alicyclic amines) is 1. The monoisotopic (exact) mass is 323 g/mol. The van der Waals surface area contributed by atoms with Gasteiger partial charge in [0, 0.05) is 33.2 Å². The Bertz CT molecular complexity index is 431. The molecule has 2 rings (SSSR count). The number of likely N-dealkylation sites (N-methyl/N-ethyl adjacent to an activating group) is 1. The normalized spacial score (nSPS) is 23.8. The first-order valence-electron chi connectivity index (χ1n) is 8.49. The summed E-state index contributed by atoms with van der Waals surface area (Å²) in [5.74, 6) is 0.858. The second kappa shape index (κ2) is 9.03. The molecule has 1 N–H and O–H groups in total. The van der Waals surface area contributed by atoms with Crippen LogP contribution < -0.4 is 5.32 Å². The number of carbonyl (C=O) groups is 2. The van der Waals surface area contributed by atoms with Crippen LogP contribution in [-0.2, 0) is 14.3 Å². The van der Waals surface area contributed by atoms with Crippen LogP contribution in [0.4, 0.5) is 0 Å². The van der Waals surface area contributed by atoms with Crippen LogP contribution in [0.3, 0.4) is 0 Å². The summed E-state index contributed by atoms with van der Waals surface area (Å²) >= 11 is 0. The molecule has 0 radical (unpaired) electrons. The van der Waals surface area contributed by atoms with Crippen LogP contribution in [0.5, 0.6) is 0 Å². The fourth-order valence-corrected chi connectivity index (χ4v) is 3.41. The molecule has 2 aliphatic heterocycles. The van der Waals surface area contributed by atoms with Crippen LogP contribution in [0.2, 0.25) is 0 Å². The summed E-state index contributed by atoms with van der Waals surface area (Å²) in [5, 5.41) is 2.85. The van der Waals surface area contributed by atoms with Crippen LogP contribution >= 0.6 is 0 Å². The number of piperidine rings is 1. The lowest BCUT2D eigenvalue weighted by atomic mass is 9.81. The molecule has 2 heterocycles. The average Bonchev–Trinajstić information content (AvgIpc) is 2.71. The molecule has 0 aromatic carbocycles. The Hall–Kier alpha value is -1.40. The summed E-state index contributed by atoms with van der Waals surface area (Å²) in [6, 6.07) is 0. The van der Waals surface area contributed by atoms with Crippen LogP contribution in [0.1, 0.15) is 19.3 Å². The van der Waals surface area contributed by atoms with Gasteiger partial charge in [-0.3, -0.25) is 14.5 Å². The minimum Gasteiger partial charge on any atom is -0.383 e. The van der Waals surface area contributed by atoms with E-state index in [1.165, 1.54) is 0 Å². The molecular weight excluding hydrogens is 294 g/mol. The molecule has 1 fully saturated rings. The SMILES string of the molecule is COCCNC(=O)CN1CCC(C2CC=CCN(C)C2=O)CC1. The van der Waals surface area contributed by atoms with Gasteiger partial charge in [0.1, 0.15) is 0 Å². The molecule has 23 heavy (non-hydrogen) atoms. The highest BCUT2D eigenvalue weighted by Gasteiger charge is 2.33.